The van der Waals surface area contributed by atoms with Crippen molar-refractivity contribution < 1.29 is 9.53 Å². The van der Waals surface area contributed by atoms with Gasteiger partial charge in [-0.3, -0.25) is 4.79 Å². The van der Waals surface area contributed by atoms with Gasteiger partial charge < -0.3 is 15.0 Å². The van der Waals surface area contributed by atoms with E-state index >= 15 is 0 Å². The van der Waals surface area contributed by atoms with Crippen LogP contribution in [0.1, 0.15) is 12.0 Å². The van der Waals surface area contributed by atoms with E-state index in [1.807, 2.05) is 22.9 Å². The Balaban J connectivity index is 2.43. The Morgan fingerprint density at radius 2 is 2.26 bits per heavy atom. The smallest absolute Gasteiger partial charge is 0.325 e. The lowest BCUT2D eigenvalue weighted by Crippen LogP contribution is -2.10. The molecule has 0 saturated heterocycles. The fraction of sp³-hybridized carbons (Fsp3) is 0.357. The molecule has 2 rings (SSSR count). The third-order valence-electron chi connectivity index (χ3n) is 3.10. The minimum Gasteiger partial charge on any atom is -0.468 e. The zero-order chi connectivity index (χ0) is 13.8. The molecule has 19 heavy (non-hydrogen) atoms. The number of nitrogens with two attached hydrogens (primary N) is 1. The van der Waals surface area contributed by atoms with Crippen LogP contribution in [0.4, 0.5) is 0 Å². The number of nitrogens with zero attached hydrogens (tertiary/aromatic N) is 1. The standard InChI is InChI=1S/C14H17BrN2O2/c1-19-14(18)9-17-8-10(3-2-6-16)12-5-4-11(15)7-13(12)17/h4-5,7-8H,2-3,6,9,16H2,1H3. The SMILES string of the molecule is COC(=O)Cn1cc(CCCN)c2ccc(Br)cc21. The molecule has 5 heteroatoms. The van der Waals surface area contributed by atoms with E-state index in [1.54, 1.807) is 0 Å². The van der Waals surface area contributed by atoms with Crippen LogP contribution >= 0.6 is 15.9 Å². The number of ether oxygens (including phenoxy) is 1. The van der Waals surface area contributed by atoms with Crippen molar-refractivity contribution in [2.75, 3.05) is 13.7 Å². The van der Waals surface area contributed by atoms with Crippen LogP contribution in [0.2, 0.25) is 0 Å². The predicted octanol–water partition coefficient (Wildman–Crippen LogP) is 2.47. The van der Waals surface area contributed by atoms with Gasteiger partial charge in [0.1, 0.15) is 6.54 Å². The molecule has 2 aromatic rings. The van der Waals surface area contributed by atoms with E-state index < -0.39 is 0 Å². The first-order valence-corrected chi connectivity index (χ1v) is 6.99. The van der Waals surface area contributed by atoms with Crippen molar-refractivity contribution in [2.24, 2.45) is 5.73 Å². The summed E-state index contributed by atoms with van der Waals surface area (Å²) >= 11 is 3.46. The number of halogens is 1. The van der Waals surface area contributed by atoms with Gasteiger partial charge in [-0.1, -0.05) is 22.0 Å². The largest absolute Gasteiger partial charge is 0.468 e. The number of rotatable bonds is 5. The Hall–Kier alpha value is -1.33. The molecule has 0 aliphatic heterocycles. The molecule has 0 unspecified atom stereocenters. The Bertz CT molecular complexity index is 592. The highest BCUT2D eigenvalue weighted by Gasteiger charge is 2.11. The van der Waals surface area contributed by atoms with Crippen molar-refractivity contribution in [1.29, 1.82) is 0 Å². The first-order chi connectivity index (χ1) is 9.15. The van der Waals surface area contributed by atoms with Gasteiger partial charge in [0.05, 0.1) is 7.11 Å². The third kappa shape index (κ3) is 3.16. The second-order valence-electron chi connectivity index (χ2n) is 4.41. The lowest BCUT2D eigenvalue weighted by molar-refractivity contribution is -0.141. The Morgan fingerprint density at radius 3 is 2.95 bits per heavy atom. The number of esters is 1. The maximum atomic E-state index is 11.5. The van der Waals surface area contributed by atoms with E-state index in [2.05, 4.69) is 22.0 Å². The van der Waals surface area contributed by atoms with E-state index in [4.69, 9.17) is 10.5 Å². The summed E-state index contributed by atoms with van der Waals surface area (Å²) in [7, 11) is 1.40. The number of carbonyl (C=O) groups excluding carboxylic acids is 1. The topological polar surface area (TPSA) is 57.2 Å². The molecule has 4 nitrogen and oxygen atoms in total. The number of hydrogen-bond donors (Lipinski definition) is 1. The van der Waals surface area contributed by atoms with Crippen LogP contribution in [0.3, 0.4) is 0 Å². The number of methoxy groups -OCH3 is 1. The van der Waals surface area contributed by atoms with Gasteiger partial charge in [-0.15, -0.1) is 0 Å². The van der Waals surface area contributed by atoms with Crippen LogP contribution < -0.4 is 5.73 Å². The lowest BCUT2D eigenvalue weighted by atomic mass is 10.1. The molecule has 0 radical (unpaired) electrons. The van der Waals surface area contributed by atoms with Crippen LogP contribution in [-0.2, 0) is 22.5 Å². The van der Waals surface area contributed by atoms with Gasteiger partial charge in [0.25, 0.3) is 0 Å². The molecule has 0 atom stereocenters. The molecule has 0 bridgehead atoms. The molecule has 1 heterocycles. The normalized spacial score (nSPS) is 10.9. The first kappa shape index (κ1) is 14.1. The van der Waals surface area contributed by atoms with Crippen LogP contribution in [0.5, 0.6) is 0 Å². The minimum atomic E-state index is -0.248. The van der Waals surface area contributed by atoms with Gasteiger partial charge in [-0.2, -0.15) is 0 Å². The third-order valence-corrected chi connectivity index (χ3v) is 3.60. The molecule has 2 N–H and O–H groups in total. The number of benzene rings is 1. The maximum absolute atomic E-state index is 11.5. The summed E-state index contributed by atoms with van der Waals surface area (Å²) in [4.78, 5) is 11.5. The van der Waals surface area contributed by atoms with Crippen LogP contribution in [0.25, 0.3) is 10.9 Å². The van der Waals surface area contributed by atoms with Gasteiger partial charge in [0.2, 0.25) is 0 Å². The van der Waals surface area contributed by atoms with Crippen molar-refractivity contribution >= 4 is 32.8 Å². The van der Waals surface area contributed by atoms with E-state index in [9.17, 15) is 4.79 Å². The molecular weight excluding hydrogens is 308 g/mol. The van der Waals surface area contributed by atoms with Gasteiger partial charge in [-0.25, -0.2) is 0 Å². The van der Waals surface area contributed by atoms with Crippen molar-refractivity contribution in [1.82, 2.24) is 4.57 Å². The average Bonchev–Trinajstić information content (AvgIpc) is 2.73. The highest BCUT2D eigenvalue weighted by Crippen LogP contribution is 2.26. The van der Waals surface area contributed by atoms with Crippen LogP contribution in [0, 0.1) is 0 Å². The van der Waals surface area contributed by atoms with E-state index in [0.29, 0.717) is 6.54 Å². The molecule has 102 valence electrons. The maximum Gasteiger partial charge on any atom is 0.325 e. The molecule has 0 amide bonds. The number of fused-ring (bicyclic) bond motifs is 1. The zero-order valence-electron chi connectivity index (χ0n) is 10.9. The summed E-state index contributed by atoms with van der Waals surface area (Å²) in [6.45, 7) is 0.895. The van der Waals surface area contributed by atoms with Crippen LogP contribution in [-0.4, -0.2) is 24.2 Å². The first-order valence-electron chi connectivity index (χ1n) is 6.20. The van der Waals surface area contributed by atoms with E-state index in [-0.39, 0.29) is 12.5 Å². The second-order valence-corrected chi connectivity index (χ2v) is 5.33. The van der Waals surface area contributed by atoms with Crippen molar-refractivity contribution in [2.45, 2.75) is 19.4 Å². The molecule has 0 aliphatic carbocycles. The number of carbonyl (C=O) groups is 1. The Kier molecular flexibility index (Phi) is 4.61. The minimum absolute atomic E-state index is 0.228. The lowest BCUT2D eigenvalue weighted by Gasteiger charge is -2.03. The molecule has 0 saturated carbocycles. The molecule has 0 fully saturated rings. The van der Waals surface area contributed by atoms with Gasteiger partial charge in [-0.05, 0) is 37.1 Å². The van der Waals surface area contributed by atoms with E-state index in [1.165, 1.54) is 18.1 Å². The van der Waals surface area contributed by atoms with Crippen molar-refractivity contribution in [3.8, 4) is 0 Å². The summed E-state index contributed by atoms with van der Waals surface area (Å²) in [5, 5.41) is 1.17. The summed E-state index contributed by atoms with van der Waals surface area (Å²) in [5.74, 6) is -0.248. The zero-order valence-corrected chi connectivity index (χ0v) is 12.4. The number of aryl methyl sites for hydroxylation is 1. The molecule has 0 aliphatic rings. The van der Waals surface area contributed by atoms with Gasteiger partial charge in [0.15, 0.2) is 0 Å². The Labute approximate surface area is 120 Å². The summed E-state index contributed by atoms with van der Waals surface area (Å²) in [5.41, 5.74) is 7.82. The highest BCUT2D eigenvalue weighted by atomic mass is 79.9. The number of aromatic nitrogens is 1. The van der Waals surface area contributed by atoms with Crippen LogP contribution in [0.15, 0.2) is 28.9 Å². The monoisotopic (exact) mass is 324 g/mol. The second kappa shape index (κ2) is 6.21. The van der Waals surface area contributed by atoms with Crippen molar-refractivity contribution in [3.05, 3.63) is 34.4 Å². The van der Waals surface area contributed by atoms with E-state index in [0.717, 1.165) is 22.8 Å². The molecule has 0 spiro atoms. The number of hydrogen-bond acceptors (Lipinski definition) is 3. The predicted molar refractivity (Wildman–Crippen MR) is 79.0 cm³/mol. The fourth-order valence-corrected chi connectivity index (χ4v) is 2.52. The highest BCUT2D eigenvalue weighted by molar-refractivity contribution is 9.10. The van der Waals surface area contributed by atoms with Gasteiger partial charge >= 0.3 is 5.97 Å². The summed E-state index contributed by atoms with van der Waals surface area (Å²) in [6, 6.07) is 6.10. The quantitative estimate of drug-likeness (QED) is 0.859. The molecular formula is C14H17BrN2O2. The summed E-state index contributed by atoms with van der Waals surface area (Å²) in [6.07, 6.45) is 3.87. The average molecular weight is 325 g/mol. The Morgan fingerprint density at radius 1 is 1.47 bits per heavy atom. The summed E-state index contributed by atoms with van der Waals surface area (Å²) < 4.78 is 7.66. The van der Waals surface area contributed by atoms with Crippen molar-refractivity contribution in [3.63, 3.8) is 0 Å². The molecule has 1 aromatic heterocycles. The van der Waals surface area contributed by atoms with Gasteiger partial charge in [0, 0.05) is 21.6 Å². The molecule has 1 aromatic carbocycles. The fourth-order valence-electron chi connectivity index (χ4n) is 2.17.